The summed E-state index contributed by atoms with van der Waals surface area (Å²) in [4.78, 5) is 12.1. The fraction of sp³-hybridized carbons (Fsp3) is 0.333. The van der Waals surface area contributed by atoms with Crippen molar-refractivity contribution in [2.24, 2.45) is 0 Å². The van der Waals surface area contributed by atoms with Crippen molar-refractivity contribution in [2.45, 2.75) is 25.4 Å². The van der Waals surface area contributed by atoms with Gasteiger partial charge in [0, 0.05) is 35.0 Å². The zero-order chi connectivity index (χ0) is 12.5. The molecular formula is C12H13BrN4O. The molecule has 1 amide bonds. The van der Waals surface area contributed by atoms with Crippen LogP contribution in [0, 0.1) is 0 Å². The van der Waals surface area contributed by atoms with Crippen molar-refractivity contribution < 1.29 is 4.79 Å². The Morgan fingerprint density at radius 2 is 2.44 bits per heavy atom. The summed E-state index contributed by atoms with van der Waals surface area (Å²) in [6.07, 6.45) is 7.77. The SMILES string of the molecule is O=C(NCc1cn[nH]c1)c1cc(Br)cn1C1CC1. The van der Waals surface area contributed by atoms with Gasteiger partial charge in [-0.25, -0.2) is 0 Å². The highest BCUT2D eigenvalue weighted by atomic mass is 79.9. The molecule has 0 bridgehead atoms. The molecule has 6 heteroatoms. The van der Waals surface area contributed by atoms with E-state index in [9.17, 15) is 4.79 Å². The number of carbonyl (C=O) groups is 1. The van der Waals surface area contributed by atoms with Gasteiger partial charge in [-0.15, -0.1) is 0 Å². The zero-order valence-electron chi connectivity index (χ0n) is 9.69. The van der Waals surface area contributed by atoms with Crippen LogP contribution in [-0.2, 0) is 6.54 Å². The van der Waals surface area contributed by atoms with Gasteiger partial charge in [0.25, 0.3) is 5.91 Å². The Kier molecular flexibility index (Phi) is 2.95. The number of H-pyrrole nitrogens is 1. The fourth-order valence-electron chi connectivity index (χ4n) is 1.93. The number of nitrogens with zero attached hydrogens (tertiary/aromatic N) is 2. The van der Waals surface area contributed by atoms with Crippen molar-refractivity contribution in [3.63, 3.8) is 0 Å². The monoisotopic (exact) mass is 308 g/mol. The number of hydrogen-bond donors (Lipinski definition) is 2. The van der Waals surface area contributed by atoms with E-state index < -0.39 is 0 Å². The van der Waals surface area contributed by atoms with Gasteiger partial charge in [0.05, 0.1) is 6.20 Å². The molecule has 18 heavy (non-hydrogen) atoms. The predicted octanol–water partition coefficient (Wildman–Crippen LogP) is 2.24. The van der Waals surface area contributed by atoms with E-state index >= 15 is 0 Å². The maximum Gasteiger partial charge on any atom is 0.268 e. The normalized spacial score (nSPS) is 14.7. The van der Waals surface area contributed by atoms with Crippen LogP contribution in [0.15, 0.2) is 29.1 Å². The standard InChI is InChI=1S/C12H13BrN4O/c13-9-3-11(17(7-9)10-1-2-10)12(18)14-4-8-5-15-16-6-8/h3,5-7,10H,1-2,4H2,(H,14,18)(H,15,16). The Hall–Kier alpha value is -1.56. The Bertz CT molecular complexity index is 557. The van der Waals surface area contributed by atoms with E-state index in [0.717, 1.165) is 22.9 Å². The molecule has 2 heterocycles. The number of aromatic amines is 1. The summed E-state index contributed by atoms with van der Waals surface area (Å²) in [5.41, 5.74) is 1.68. The molecule has 5 nitrogen and oxygen atoms in total. The summed E-state index contributed by atoms with van der Waals surface area (Å²) >= 11 is 3.42. The second-order valence-electron chi connectivity index (χ2n) is 4.47. The van der Waals surface area contributed by atoms with Gasteiger partial charge in [-0.3, -0.25) is 9.89 Å². The molecule has 2 N–H and O–H groups in total. The van der Waals surface area contributed by atoms with Crippen molar-refractivity contribution in [3.05, 3.63) is 40.4 Å². The van der Waals surface area contributed by atoms with Crippen LogP contribution in [0.5, 0.6) is 0 Å². The first-order valence-electron chi connectivity index (χ1n) is 5.87. The average Bonchev–Trinajstić information content (AvgIpc) is 2.92. The van der Waals surface area contributed by atoms with Crippen molar-refractivity contribution in [1.29, 1.82) is 0 Å². The third-order valence-electron chi connectivity index (χ3n) is 3.00. The molecular weight excluding hydrogens is 296 g/mol. The van der Waals surface area contributed by atoms with E-state index in [0.29, 0.717) is 18.3 Å². The molecule has 2 aromatic heterocycles. The highest BCUT2D eigenvalue weighted by molar-refractivity contribution is 9.10. The lowest BCUT2D eigenvalue weighted by Crippen LogP contribution is -2.25. The Morgan fingerprint density at radius 3 is 3.11 bits per heavy atom. The molecule has 0 unspecified atom stereocenters. The van der Waals surface area contributed by atoms with Crippen molar-refractivity contribution in [1.82, 2.24) is 20.1 Å². The summed E-state index contributed by atoms with van der Waals surface area (Å²) in [6, 6.07) is 2.36. The minimum Gasteiger partial charge on any atom is -0.347 e. The van der Waals surface area contributed by atoms with Gasteiger partial charge in [-0.05, 0) is 34.8 Å². The molecule has 2 aromatic rings. The number of halogens is 1. The minimum atomic E-state index is -0.0474. The molecule has 0 radical (unpaired) electrons. The molecule has 0 saturated heterocycles. The Balaban J connectivity index is 1.71. The lowest BCUT2D eigenvalue weighted by molar-refractivity contribution is 0.0941. The summed E-state index contributed by atoms with van der Waals surface area (Å²) in [6.45, 7) is 0.489. The molecule has 3 rings (SSSR count). The summed E-state index contributed by atoms with van der Waals surface area (Å²) in [5, 5.41) is 9.46. The van der Waals surface area contributed by atoms with Crippen molar-refractivity contribution >= 4 is 21.8 Å². The summed E-state index contributed by atoms with van der Waals surface area (Å²) in [7, 11) is 0. The van der Waals surface area contributed by atoms with Crippen LogP contribution in [0.4, 0.5) is 0 Å². The van der Waals surface area contributed by atoms with Crippen molar-refractivity contribution in [2.75, 3.05) is 0 Å². The average molecular weight is 309 g/mol. The topological polar surface area (TPSA) is 62.7 Å². The van der Waals surface area contributed by atoms with Crippen LogP contribution in [0.3, 0.4) is 0 Å². The number of hydrogen-bond acceptors (Lipinski definition) is 2. The largest absolute Gasteiger partial charge is 0.347 e. The van der Waals surface area contributed by atoms with Gasteiger partial charge in [0.15, 0.2) is 0 Å². The molecule has 1 saturated carbocycles. The van der Waals surface area contributed by atoms with Crippen molar-refractivity contribution in [3.8, 4) is 0 Å². The lowest BCUT2D eigenvalue weighted by atomic mass is 10.3. The zero-order valence-corrected chi connectivity index (χ0v) is 11.3. The lowest BCUT2D eigenvalue weighted by Gasteiger charge is -2.07. The second-order valence-corrected chi connectivity index (χ2v) is 5.39. The number of amides is 1. The Labute approximate surface area is 113 Å². The second kappa shape index (κ2) is 4.61. The van der Waals surface area contributed by atoms with Crippen LogP contribution >= 0.6 is 15.9 Å². The molecule has 94 valence electrons. The van der Waals surface area contributed by atoms with E-state index in [-0.39, 0.29) is 5.91 Å². The molecule has 0 spiro atoms. The molecule has 1 aliphatic rings. The molecule has 1 aliphatic carbocycles. The molecule has 1 fully saturated rings. The fourth-order valence-corrected chi connectivity index (χ4v) is 2.37. The number of carbonyl (C=O) groups excluding carboxylic acids is 1. The highest BCUT2D eigenvalue weighted by Crippen LogP contribution is 2.37. The minimum absolute atomic E-state index is 0.0474. The number of aromatic nitrogens is 3. The van der Waals surface area contributed by atoms with E-state index in [1.165, 1.54) is 0 Å². The van der Waals surface area contributed by atoms with Gasteiger partial charge < -0.3 is 9.88 Å². The van der Waals surface area contributed by atoms with Gasteiger partial charge >= 0.3 is 0 Å². The van der Waals surface area contributed by atoms with Gasteiger partial charge in [-0.1, -0.05) is 0 Å². The number of rotatable bonds is 4. The quantitative estimate of drug-likeness (QED) is 0.910. The van der Waals surface area contributed by atoms with Crippen LogP contribution in [0.2, 0.25) is 0 Å². The van der Waals surface area contributed by atoms with Crippen LogP contribution in [0.1, 0.15) is 34.9 Å². The predicted molar refractivity (Wildman–Crippen MR) is 70.2 cm³/mol. The van der Waals surface area contributed by atoms with E-state index in [4.69, 9.17) is 0 Å². The van der Waals surface area contributed by atoms with Gasteiger partial charge in [0.1, 0.15) is 5.69 Å². The van der Waals surface area contributed by atoms with E-state index in [1.807, 2.05) is 12.3 Å². The van der Waals surface area contributed by atoms with Crippen LogP contribution < -0.4 is 5.32 Å². The molecule has 0 atom stereocenters. The van der Waals surface area contributed by atoms with Crippen LogP contribution in [-0.4, -0.2) is 20.7 Å². The Morgan fingerprint density at radius 1 is 1.61 bits per heavy atom. The first kappa shape index (κ1) is 11.5. The highest BCUT2D eigenvalue weighted by Gasteiger charge is 2.27. The maximum absolute atomic E-state index is 12.1. The first-order valence-corrected chi connectivity index (χ1v) is 6.66. The van der Waals surface area contributed by atoms with E-state index in [2.05, 4.69) is 36.0 Å². The third kappa shape index (κ3) is 2.33. The third-order valence-corrected chi connectivity index (χ3v) is 3.43. The molecule has 0 aliphatic heterocycles. The van der Waals surface area contributed by atoms with Gasteiger partial charge in [-0.2, -0.15) is 5.10 Å². The number of nitrogens with one attached hydrogen (secondary N) is 2. The summed E-state index contributed by atoms with van der Waals surface area (Å²) in [5.74, 6) is -0.0474. The molecule has 0 aromatic carbocycles. The van der Waals surface area contributed by atoms with E-state index in [1.54, 1.807) is 12.4 Å². The maximum atomic E-state index is 12.1. The van der Waals surface area contributed by atoms with Crippen LogP contribution in [0.25, 0.3) is 0 Å². The van der Waals surface area contributed by atoms with Gasteiger partial charge in [0.2, 0.25) is 0 Å². The first-order chi connectivity index (χ1) is 8.74. The smallest absolute Gasteiger partial charge is 0.268 e. The summed E-state index contributed by atoms with van der Waals surface area (Å²) < 4.78 is 3.00.